The molecule has 0 atom stereocenters. The van der Waals surface area contributed by atoms with Crippen LogP contribution < -0.4 is 0 Å². The number of pyridine rings is 1. The van der Waals surface area contributed by atoms with E-state index in [2.05, 4.69) is 10.2 Å². The third-order valence-corrected chi connectivity index (χ3v) is 5.57. The number of carbonyl (C=O) groups is 1. The summed E-state index contributed by atoms with van der Waals surface area (Å²) in [5.74, 6) is -0.165. The van der Waals surface area contributed by atoms with Crippen LogP contribution in [0.25, 0.3) is 33.5 Å². The Morgan fingerprint density at radius 3 is 2.10 bits per heavy atom. The number of nitrogens with zero attached hydrogens (tertiary/aromatic N) is 3. The molecule has 0 unspecified atom stereocenters. The van der Waals surface area contributed by atoms with Crippen LogP contribution in [0.5, 0.6) is 5.75 Å². The lowest BCUT2D eigenvalue weighted by Crippen LogP contribution is -2.03. The van der Waals surface area contributed by atoms with Crippen LogP contribution in [0.4, 0.5) is 0 Å². The number of amides is 1. The zero-order valence-electron chi connectivity index (χ0n) is 16.6. The summed E-state index contributed by atoms with van der Waals surface area (Å²) < 4.78 is 2.02. The number of aromatic nitrogens is 1. The summed E-state index contributed by atoms with van der Waals surface area (Å²) in [6.07, 6.45) is 3.46. The maximum Gasteiger partial charge on any atom is 0.297 e. The molecule has 1 aliphatic heterocycles. The van der Waals surface area contributed by atoms with Crippen LogP contribution in [0, 0.1) is 13.8 Å². The number of benzene rings is 2. The van der Waals surface area contributed by atoms with Gasteiger partial charge in [-0.25, -0.2) is 0 Å². The van der Waals surface area contributed by atoms with Crippen LogP contribution in [0.1, 0.15) is 16.7 Å². The largest absolute Gasteiger partial charge is 0.505 e. The van der Waals surface area contributed by atoms with E-state index in [-0.39, 0.29) is 11.7 Å². The fourth-order valence-corrected chi connectivity index (χ4v) is 4.33. The van der Waals surface area contributed by atoms with Gasteiger partial charge in [0, 0.05) is 6.20 Å². The molecule has 5 rings (SSSR count). The highest BCUT2D eigenvalue weighted by molar-refractivity contribution is 6.22. The summed E-state index contributed by atoms with van der Waals surface area (Å²) in [4.78, 5) is 12.2. The summed E-state index contributed by atoms with van der Waals surface area (Å²) in [7, 11) is 0. The Morgan fingerprint density at radius 2 is 1.50 bits per heavy atom. The fraction of sp³-hybridized carbons (Fsp3) is 0.0800. The molecule has 5 nitrogen and oxygen atoms in total. The van der Waals surface area contributed by atoms with Crippen molar-refractivity contribution in [2.45, 2.75) is 13.8 Å². The van der Waals surface area contributed by atoms with E-state index in [0.717, 1.165) is 39.1 Å². The van der Waals surface area contributed by atoms with Crippen molar-refractivity contribution in [1.82, 2.24) is 4.40 Å². The molecule has 0 saturated heterocycles. The monoisotopic (exact) mass is 393 g/mol. The van der Waals surface area contributed by atoms with Gasteiger partial charge in [0.2, 0.25) is 0 Å². The molecule has 0 fully saturated rings. The Labute approximate surface area is 173 Å². The number of rotatable bonds is 3. The summed E-state index contributed by atoms with van der Waals surface area (Å²) in [6.45, 7) is 3.88. The first-order chi connectivity index (χ1) is 14.6. The summed E-state index contributed by atoms with van der Waals surface area (Å²) >= 11 is 0. The minimum Gasteiger partial charge on any atom is -0.505 e. The molecule has 1 amide bonds. The van der Waals surface area contributed by atoms with Crippen molar-refractivity contribution >= 4 is 17.0 Å². The minimum absolute atomic E-state index is 0.193. The molecule has 146 valence electrons. The van der Waals surface area contributed by atoms with Gasteiger partial charge >= 0.3 is 0 Å². The SMILES string of the molecule is Cc1cn2c(-c3ccccc3)c(-c3ccccc3)c(O)c2c(C)c1C1=CN=NC1=O. The van der Waals surface area contributed by atoms with E-state index in [1.165, 1.54) is 6.20 Å². The van der Waals surface area contributed by atoms with E-state index >= 15 is 0 Å². The van der Waals surface area contributed by atoms with E-state index in [1.54, 1.807) is 0 Å². The highest BCUT2D eigenvalue weighted by Gasteiger charge is 2.27. The van der Waals surface area contributed by atoms with Gasteiger partial charge in [-0.3, -0.25) is 4.79 Å². The fourth-order valence-electron chi connectivity index (χ4n) is 4.33. The van der Waals surface area contributed by atoms with Crippen molar-refractivity contribution in [1.29, 1.82) is 0 Å². The average molecular weight is 393 g/mol. The van der Waals surface area contributed by atoms with Crippen molar-refractivity contribution in [2.75, 3.05) is 0 Å². The summed E-state index contributed by atoms with van der Waals surface area (Å²) in [6, 6.07) is 19.9. The molecule has 0 bridgehead atoms. The second-order valence-electron chi connectivity index (χ2n) is 7.40. The number of aromatic hydroxyl groups is 1. The Kier molecular flexibility index (Phi) is 4.10. The molecule has 0 aliphatic carbocycles. The Hall–Kier alpha value is -3.99. The second kappa shape index (κ2) is 6.81. The number of azo groups is 1. The number of hydrogen-bond donors (Lipinski definition) is 1. The predicted molar refractivity (Wildman–Crippen MR) is 117 cm³/mol. The lowest BCUT2D eigenvalue weighted by molar-refractivity contribution is -0.112. The van der Waals surface area contributed by atoms with Crippen LogP contribution in [-0.2, 0) is 4.79 Å². The van der Waals surface area contributed by atoms with E-state index in [4.69, 9.17) is 0 Å². The van der Waals surface area contributed by atoms with Gasteiger partial charge in [-0.05, 0) is 41.7 Å². The maximum atomic E-state index is 12.2. The molecule has 3 heterocycles. The van der Waals surface area contributed by atoms with Gasteiger partial charge in [0.05, 0.1) is 28.5 Å². The lowest BCUT2D eigenvalue weighted by Gasteiger charge is -2.13. The maximum absolute atomic E-state index is 12.2. The van der Waals surface area contributed by atoms with Gasteiger partial charge in [-0.1, -0.05) is 60.7 Å². The topological polar surface area (TPSA) is 66.4 Å². The Morgan fingerprint density at radius 1 is 0.867 bits per heavy atom. The number of hydrogen-bond acceptors (Lipinski definition) is 3. The zero-order valence-corrected chi connectivity index (χ0v) is 16.6. The minimum atomic E-state index is -0.358. The van der Waals surface area contributed by atoms with Crippen molar-refractivity contribution in [3.8, 4) is 28.1 Å². The molecular weight excluding hydrogens is 374 g/mol. The van der Waals surface area contributed by atoms with Crippen LogP contribution in [0.15, 0.2) is 83.3 Å². The number of aryl methyl sites for hydroxylation is 2. The highest BCUT2D eigenvalue weighted by atomic mass is 16.3. The quantitative estimate of drug-likeness (QED) is 0.469. The molecule has 4 aromatic rings. The van der Waals surface area contributed by atoms with Crippen molar-refractivity contribution in [3.63, 3.8) is 0 Å². The Balaban J connectivity index is 1.91. The molecule has 2 aromatic carbocycles. The predicted octanol–water partition coefficient (Wildman–Crippen LogP) is 5.93. The standard InChI is InChI=1S/C25H19N3O2/c1-15-14-28-22(16(2)20(15)19-13-26-27-25(19)30)24(29)21(17-9-5-3-6-10-17)23(28)18-11-7-4-8-12-18/h3-14,29H,1-2H3. The second-order valence-corrected chi connectivity index (χ2v) is 7.40. The number of carbonyl (C=O) groups excluding carboxylic acids is 1. The zero-order chi connectivity index (χ0) is 20.8. The summed E-state index contributed by atoms with van der Waals surface area (Å²) in [5, 5.41) is 18.8. The third kappa shape index (κ3) is 2.59. The first kappa shape index (κ1) is 18.1. The van der Waals surface area contributed by atoms with E-state index < -0.39 is 0 Å². The molecular formula is C25H19N3O2. The average Bonchev–Trinajstić information content (AvgIpc) is 3.30. The van der Waals surface area contributed by atoms with Crippen molar-refractivity contribution in [3.05, 3.63) is 89.8 Å². The number of fused-ring (bicyclic) bond motifs is 1. The molecule has 30 heavy (non-hydrogen) atoms. The van der Waals surface area contributed by atoms with Gasteiger partial charge in [-0.2, -0.15) is 5.11 Å². The van der Waals surface area contributed by atoms with Gasteiger partial charge in [0.1, 0.15) is 5.75 Å². The third-order valence-electron chi connectivity index (χ3n) is 5.57. The molecule has 0 saturated carbocycles. The van der Waals surface area contributed by atoms with Gasteiger partial charge in [-0.15, -0.1) is 5.11 Å². The van der Waals surface area contributed by atoms with E-state index in [9.17, 15) is 9.90 Å². The van der Waals surface area contributed by atoms with Crippen LogP contribution in [0.3, 0.4) is 0 Å². The smallest absolute Gasteiger partial charge is 0.297 e. The van der Waals surface area contributed by atoms with Crippen LogP contribution in [0.2, 0.25) is 0 Å². The van der Waals surface area contributed by atoms with Gasteiger partial charge in [0.25, 0.3) is 5.91 Å². The van der Waals surface area contributed by atoms with E-state index in [0.29, 0.717) is 11.1 Å². The molecule has 0 radical (unpaired) electrons. The molecule has 2 aromatic heterocycles. The van der Waals surface area contributed by atoms with Gasteiger partial charge in [0.15, 0.2) is 0 Å². The van der Waals surface area contributed by atoms with Crippen LogP contribution in [-0.4, -0.2) is 15.4 Å². The molecule has 0 spiro atoms. The Bertz CT molecular complexity index is 1360. The molecule has 5 heteroatoms. The van der Waals surface area contributed by atoms with Crippen molar-refractivity contribution < 1.29 is 9.90 Å². The molecule has 1 N–H and O–H groups in total. The normalized spacial score (nSPS) is 13.3. The van der Waals surface area contributed by atoms with E-state index in [1.807, 2.05) is 85.1 Å². The molecule has 1 aliphatic rings. The first-order valence-corrected chi connectivity index (χ1v) is 9.71. The van der Waals surface area contributed by atoms with Gasteiger partial charge < -0.3 is 9.51 Å². The van der Waals surface area contributed by atoms with Crippen molar-refractivity contribution in [2.24, 2.45) is 10.2 Å². The lowest BCUT2D eigenvalue weighted by atomic mass is 9.96. The highest BCUT2D eigenvalue weighted by Crippen LogP contribution is 2.46. The summed E-state index contributed by atoms with van der Waals surface area (Å²) in [5.41, 5.74) is 7.24. The van der Waals surface area contributed by atoms with Crippen LogP contribution >= 0.6 is 0 Å². The first-order valence-electron chi connectivity index (χ1n) is 9.71.